The Morgan fingerprint density at radius 1 is 1.32 bits per heavy atom. The van der Waals surface area contributed by atoms with Gasteiger partial charge in [0.05, 0.1) is 4.92 Å². The lowest BCUT2D eigenvalue weighted by atomic mass is 10.0. The van der Waals surface area contributed by atoms with Crippen LogP contribution in [0, 0.1) is 13.7 Å². The summed E-state index contributed by atoms with van der Waals surface area (Å²) >= 11 is 2.12. The van der Waals surface area contributed by atoms with Gasteiger partial charge in [0.1, 0.15) is 0 Å². The van der Waals surface area contributed by atoms with Crippen LogP contribution in [0.3, 0.4) is 0 Å². The van der Waals surface area contributed by atoms with Gasteiger partial charge in [-0.15, -0.1) is 0 Å². The van der Waals surface area contributed by atoms with Crippen LogP contribution in [-0.4, -0.2) is 17.0 Å². The van der Waals surface area contributed by atoms with E-state index >= 15 is 0 Å². The first kappa shape index (κ1) is 14.5. The van der Waals surface area contributed by atoms with Crippen LogP contribution < -0.4 is 11.1 Å². The first-order chi connectivity index (χ1) is 9.08. The Morgan fingerprint density at radius 2 is 2.05 bits per heavy atom. The number of nitro benzene ring substituents is 1. The molecule has 1 saturated carbocycles. The third-order valence-corrected chi connectivity index (χ3v) is 4.47. The monoisotopic (exact) mass is 375 g/mol. The largest absolute Gasteiger partial charge is 0.380 e. The van der Waals surface area contributed by atoms with Gasteiger partial charge in [0, 0.05) is 33.5 Å². The van der Waals surface area contributed by atoms with Gasteiger partial charge in [-0.05, 0) is 41.5 Å². The lowest BCUT2D eigenvalue weighted by molar-refractivity contribution is -0.384. The van der Waals surface area contributed by atoms with Crippen LogP contribution in [0.1, 0.15) is 32.1 Å². The van der Waals surface area contributed by atoms with Crippen LogP contribution >= 0.6 is 22.6 Å². The second-order valence-electron chi connectivity index (χ2n) is 4.97. The number of hydrogen-bond donors (Lipinski definition) is 2. The number of halogens is 1. The third kappa shape index (κ3) is 3.79. The molecule has 0 heterocycles. The summed E-state index contributed by atoms with van der Waals surface area (Å²) in [5.74, 6) is 0. The Balaban J connectivity index is 2.11. The van der Waals surface area contributed by atoms with Gasteiger partial charge in [-0.1, -0.05) is 19.3 Å². The maximum atomic E-state index is 10.7. The van der Waals surface area contributed by atoms with Crippen molar-refractivity contribution < 1.29 is 4.92 Å². The molecule has 0 amide bonds. The van der Waals surface area contributed by atoms with Crippen LogP contribution in [0.4, 0.5) is 11.4 Å². The molecule has 1 aliphatic rings. The zero-order valence-corrected chi connectivity index (χ0v) is 12.8. The molecule has 1 aliphatic carbocycles. The maximum Gasteiger partial charge on any atom is 0.270 e. The first-order valence-electron chi connectivity index (χ1n) is 6.54. The average molecular weight is 375 g/mol. The smallest absolute Gasteiger partial charge is 0.270 e. The number of nitrogens with zero attached hydrogens (tertiary/aromatic N) is 1. The Morgan fingerprint density at radius 3 is 2.74 bits per heavy atom. The molecule has 2 rings (SSSR count). The molecular weight excluding hydrogens is 357 g/mol. The second-order valence-corrected chi connectivity index (χ2v) is 6.14. The number of non-ortho nitro benzene ring substituents is 1. The van der Waals surface area contributed by atoms with E-state index in [1.165, 1.54) is 25.3 Å². The molecule has 1 aromatic carbocycles. The van der Waals surface area contributed by atoms with Gasteiger partial charge >= 0.3 is 0 Å². The van der Waals surface area contributed by atoms with Crippen molar-refractivity contribution in [1.82, 2.24) is 0 Å². The van der Waals surface area contributed by atoms with Gasteiger partial charge in [0.2, 0.25) is 0 Å². The molecule has 5 nitrogen and oxygen atoms in total. The minimum absolute atomic E-state index is 0.125. The molecule has 0 spiro atoms. The van der Waals surface area contributed by atoms with Crippen molar-refractivity contribution in [2.24, 2.45) is 5.73 Å². The van der Waals surface area contributed by atoms with Crippen LogP contribution in [0.15, 0.2) is 18.2 Å². The van der Waals surface area contributed by atoms with Gasteiger partial charge in [0.15, 0.2) is 0 Å². The fourth-order valence-electron chi connectivity index (χ4n) is 2.45. The molecule has 2 atom stereocenters. The minimum atomic E-state index is -0.372. The summed E-state index contributed by atoms with van der Waals surface area (Å²) in [5.41, 5.74) is 7.25. The lowest BCUT2D eigenvalue weighted by Gasteiger charge is -2.24. The normalized spacial score (nSPS) is 23.7. The summed E-state index contributed by atoms with van der Waals surface area (Å²) in [5, 5.41) is 14.2. The van der Waals surface area contributed by atoms with E-state index < -0.39 is 0 Å². The Labute approximate surface area is 126 Å². The summed E-state index contributed by atoms with van der Waals surface area (Å²) in [4.78, 5) is 10.3. The van der Waals surface area contributed by atoms with Crippen LogP contribution in [-0.2, 0) is 0 Å². The van der Waals surface area contributed by atoms with E-state index in [-0.39, 0.29) is 22.7 Å². The molecule has 0 bridgehead atoms. The van der Waals surface area contributed by atoms with Crippen molar-refractivity contribution in [2.75, 3.05) is 5.32 Å². The number of nitro groups is 1. The lowest BCUT2D eigenvalue weighted by Crippen LogP contribution is -2.39. The van der Waals surface area contributed by atoms with Gasteiger partial charge in [-0.2, -0.15) is 0 Å². The Kier molecular flexibility index (Phi) is 4.98. The summed E-state index contributed by atoms with van der Waals surface area (Å²) in [6.07, 6.45) is 5.73. The van der Waals surface area contributed by atoms with Crippen molar-refractivity contribution in [1.29, 1.82) is 0 Å². The zero-order valence-electron chi connectivity index (χ0n) is 10.6. The van der Waals surface area contributed by atoms with Crippen molar-refractivity contribution in [3.63, 3.8) is 0 Å². The molecule has 0 saturated heterocycles. The van der Waals surface area contributed by atoms with E-state index in [1.54, 1.807) is 12.1 Å². The number of rotatable bonds is 3. The molecule has 1 aromatic rings. The van der Waals surface area contributed by atoms with Gasteiger partial charge < -0.3 is 11.1 Å². The van der Waals surface area contributed by atoms with Crippen LogP contribution in [0.2, 0.25) is 0 Å². The predicted molar refractivity (Wildman–Crippen MR) is 84.3 cm³/mol. The Bertz CT molecular complexity index is 467. The van der Waals surface area contributed by atoms with Gasteiger partial charge in [0.25, 0.3) is 5.69 Å². The average Bonchev–Trinajstić information content (AvgIpc) is 2.57. The molecule has 104 valence electrons. The summed E-state index contributed by atoms with van der Waals surface area (Å²) < 4.78 is 0.864. The van der Waals surface area contributed by atoms with Gasteiger partial charge in [-0.25, -0.2) is 0 Å². The molecule has 3 N–H and O–H groups in total. The quantitative estimate of drug-likeness (QED) is 0.368. The van der Waals surface area contributed by atoms with E-state index in [9.17, 15) is 10.1 Å². The SMILES string of the molecule is NC1CCCCCC1Nc1ccc([N+](=O)[O-])cc1I. The number of hydrogen-bond acceptors (Lipinski definition) is 4. The molecule has 0 aliphatic heterocycles. The molecular formula is C13H18IN3O2. The van der Waals surface area contributed by atoms with E-state index in [4.69, 9.17) is 5.73 Å². The summed E-state index contributed by atoms with van der Waals surface area (Å²) in [6, 6.07) is 5.32. The van der Waals surface area contributed by atoms with Crippen molar-refractivity contribution in [3.05, 3.63) is 31.9 Å². The molecule has 2 unspecified atom stereocenters. The van der Waals surface area contributed by atoms with Gasteiger partial charge in [-0.3, -0.25) is 10.1 Å². The van der Waals surface area contributed by atoms with Crippen LogP contribution in [0.25, 0.3) is 0 Å². The predicted octanol–water partition coefficient (Wildman–Crippen LogP) is 3.27. The number of nitrogens with two attached hydrogens (primary N) is 1. The van der Waals surface area contributed by atoms with E-state index in [0.29, 0.717) is 0 Å². The van der Waals surface area contributed by atoms with Crippen molar-refractivity contribution in [3.8, 4) is 0 Å². The number of anilines is 1. The highest BCUT2D eigenvalue weighted by Crippen LogP contribution is 2.27. The van der Waals surface area contributed by atoms with Crippen LogP contribution in [0.5, 0.6) is 0 Å². The highest BCUT2D eigenvalue weighted by atomic mass is 127. The minimum Gasteiger partial charge on any atom is -0.380 e. The molecule has 19 heavy (non-hydrogen) atoms. The Hall–Kier alpha value is -0.890. The summed E-state index contributed by atoms with van der Waals surface area (Å²) in [6.45, 7) is 0. The standard InChI is InChI=1S/C13H18IN3O2/c14-10-8-9(17(18)19)6-7-12(10)16-13-5-3-1-2-4-11(13)15/h6-8,11,13,16H,1-5,15H2. The fraction of sp³-hybridized carbons (Fsp3) is 0.538. The highest BCUT2D eigenvalue weighted by Gasteiger charge is 2.21. The third-order valence-electron chi connectivity index (χ3n) is 3.57. The first-order valence-corrected chi connectivity index (χ1v) is 7.62. The van der Waals surface area contributed by atoms with E-state index in [1.807, 2.05) is 0 Å². The van der Waals surface area contributed by atoms with E-state index in [0.717, 1.165) is 22.1 Å². The zero-order chi connectivity index (χ0) is 13.8. The maximum absolute atomic E-state index is 10.7. The fourth-order valence-corrected chi connectivity index (χ4v) is 3.10. The molecule has 0 radical (unpaired) electrons. The summed E-state index contributed by atoms with van der Waals surface area (Å²) in [7, 11) is 0. The molecule has 0 aromatic heterocycles. The second kappa shape index (κ2) is 6.51. The van der Waals surface area contributed by atoms with Crippen molar-refractivity contribution >= 4 is 34.0 Å². The molecule has 6 heteroatoms. The number of nitrogens with one attached hydrogen (secondary N) is 1. The van der Waals surface area contributed by atoms with E-state index in [2.05, 4.69) is 27.9 Å². The highest BCUT2D eigenvalue weighted by molar-refractivity contribution is 14.1. The molecule has 1 fully saturated rings. The number of benzene rings is 1. The van der Waals surface area contributed by atoms with Crippen molar-refractivity contribution in [2.45, 2.75) is 44.2 Å². The topological polar surface area (TPSA) is 81.2 Å².